The van der Waals surface area contributed by atoms with Gasteiger partial charge in [-0.3, -0.25) is 0 Å². The molecule has 0 amide bonds. The second kappa shape index (κ2) is 15.7. The van der Waals surface area contributed by atoms with Crippen LogP contribution in [-0.2, 0) is 0 Å². The SMILES string of the molecule is c1ccc(-c2cccc(-n3c4ccc(-c5ccc6c(c5)c5ccccc5n6-c5ccc(-c6ccc7oc8ccccc8c7c6)cc5-c5ccccc5)cc4c4c(-c5ccccc5)cccc43)c2)cc1. The van der Waals surface area contributed by atoms with Crippen molar-refractivity contribution in [2.45, 2.75) is 0 Å². The zero-order valence-corrected chi connectivity index (χ0v) is 37.6. The predicted molar refractivity (Wildman–Crippen MR) is 290 cm³/mol. The smallest absolute Gasteiger partial charge is 0.135 e. The number of benzene rings is 11. The predicted octanol–water partition coefficient (Wildman–Crippen LogP) is 18.1. The zero-order chi connectivity index (χ0) is 45.4. The minimum absolute atomic E-state index is 0.901. The molecule has 0 unspecified atom stereocenters. The second-order valence-electron chi connectivity index (χ2n) is 18.0. The van der Waals surface area contributed by atoms with Gasteiger partial charge in [0.1, 0.15) is 11.2 Å². The van der Waals surface area contributed by atoms with Crippen LogP contribution in [0.4, 0.5) is 0 Å². The van der Waals surface area contributed by atoms with Crippen molar-refractivity contribution in [2.75, 3.05) is 0 Å². The number of rotatable bonds is 7. The van der Waals surface area contributed by atoms with Crippen molar-refractivity contribution in [1.29, 1.82) is 0 Å². The molecule has 0 radical (unpaired) electrons. The van der Waals surface area contributed by atoms with Crippen molar-refractivity contribution < 1.29 is 4.42 Å². The lowest BCUT2D eigenvalue weighted by molar-refractivity contribution is 0.669. The summed E-state index contributed by atoms with van der Waals surface area (Å²) in [7, 11) is 0. The van der Waals surface area contributed by atoms with Gasteiger partial charge in [-0.15, -0.1) is 0 Å². The molecular weight excluding hydrogens is 837 g/mol. The monoisotopic (exact) mass is 878 g/mol. The molecule has 0 bridgehead atoms. The highest BCUT2D eigenvalue weighted by Gasteiger charge is 2.21. The quantitative estimate of drug-likeness (QED) is 0.156. The topological polar surface area (TPSA) is 23.0 Å². The van der Waals surface area contributed by atoms with Gasteiger partial charge in [-0.2, -0.15) is 0 Å². The van der Waals surface area contributed by atoms with Crippen LogP contribution in [-0.4, -0.2) is 9.13 Å². The molecule has 3 heterocycles. The molecule has 0 saturated heterocycles. The molecule has 14 aromatic rings. The van der Waals surface area contributed by atoms with Crippen LogP contribution in [0.3, 0.4) is 0 Å². The number of fused-ring (bicyclic) bond motifs is 9. The van der Waals surface area contributed by atoms with Gasteiger partial charge in [0.05, 0.1) is 27.8 Å². The molecule has 0 spiro atoms. The van der Waals surface area contributed by atoms with E-state index in [0.717, 1.165) is 44.4 Å². The Balaban J connectivity index is 0.942. The Hall–Kier alpha value is -9.18. The maximum atomic E-state index is 6.21. The first-order chi connectivity index (χ1) is 34.2. The molecule has 3 nitrogen and oxygen atoms in total. The fraction of sp³-hybridized carbons (Fsp3) is 0. The summed E-state index contributed by atoms with van der Waals surface area (Å²) in [4.78, 5) is 0. The molecular formula is C66H42N2O. The van der Waals surface area contributed by atoms with E-state index in [1.165, 1.54) is 88.1 Å². The van der Waals surface area contributed by atoms with Gasteiger partial charge in [-0.05, 0) is 129 Å². The molecule has 11 aromatic carbocycles. The molecule has 322 valence electrons. The van der Waals surface area contributed by atoms with Crippen LogP contribution >= 0.6 is 0 Å². The summed E-state index contributed by atoms with van der Waals surface area (Å²) in [6.07, 6.45) is 0. The average molecular weight is 879 g/mol. The second-order valence-corrected chi connectivity index (χ2v) is 18.0. The Kier molecular flexibility index (Phi) is 8.90. The maximum Gasteiger partial charge on any atom is 0.135 e. The number of nitrogens with zero attached hydrogens (tertiary/aromatic N) is 2. The van der Waals surface area contributed by atoms with Crippen LogP contribution in [0.5, 0.6) is 0 Å². The van der Waals surface area contributed by atoms with Crippen molar-refractivity contribution in [3.05, 3.63) is 255 Å². The fourth-order valence-corrected chi connectivity index (χ4v) is 10.9. The van der Waals surface area contributed by atoms with E-state index in [-0.39, 0.29) is 0 Å². The van der Waals surface area contributed by atoms with E-state index >= 15 is 0 Å². The lowest BCUT2D eigenvalue weighted by Crippen LogP contribution is -1.98. The van der Waals surface area contributed by atoms with Crippen LogP contribution in [0.15, 0.2) is 259 Å². The summed E-state index contributed by atoms with van der Waals surface area (Å²) < 4.78 is 11.1. The van der Waals surface area contributed by atoms with Gasteiger partial charge in [0, 0.05) is 43.6 Å². The van der Waals surface area contributed by atoms with E-state index in [2.05, 4.69) is 252 Å². The Bertz CT molecular complexity index is 4290. The molecule has 3 aromatic heterocycles. The van der Waals surface area contributed by atoms with Crippen molar-refractivity contribution in [2.24, 2.45) is 0 Å². The van der Waals surface area contributed by atoms with E-state index in [9.17, 15) is 0 Å². The lowest BCUT2D eigenvalue weighted by Gasteiger charge is -2.16. The van der Waals surface area contributed by atoms with Crippen LogP contribution in [0.25, 0.3) is 133 Å². The summed E-state index contributed by atoms with van der Waals surface area (Å²) in [5.41, 5.74) is 20.6. The molecule has 0 aliphatic rings. The Morgan fingerprint density at radius 3 is 1.52 bits per heavy atom. The first kappa shape index (κ1) is 39.0. The highest BCUT2D eigenvalue weighted by molar-refractivity contribution is 6.17. The number of hydrogen-bond acceptors (Lipinski definition) is 1. The van der Waals surface area contributed by atoms with Gasteiger partial charge in [-0.1, -0.05) is 176 Å². The van der Waals surface area contributed by atoms with Crippen molar-refractivity contribution in [3.8, 4) is 67.0 Å². The molecule has 0 aliphatic carbocycles. The van der Waals surface area contributed by atoms with Gasteiger partial charge in [0.15, 0.2) is 0 Å². The van der Waals surface area contributed by atoms with Gasteiger partial charge in [0.2, 0.25) is 0 Å². The van der Waals surface area contributed by atoms with Crippen molar-refractivity contribution in [3.63, 3.8) is 0 Å². The Labute approximate surface area is 399 Å². The number of hydrogen-bond donors (Lipinski definition) is 0. The van der Waals surface area contributed by atoms with E-state index < -0.39 is 0 Å². The molecule has 0 aliphatic heterocycles. The first-order valence-corrected chi connectivity index (χ1v) is 23.7. The average Bonchev–Trinajstić information content (AvgIpc) is 4.08. The van der Waals surface area contributed by atoms with Crippen molar-refractivity contribution >= 4 is 65.6 Å². The third-order valence-electron chi connectivity index (χ3n) is 14.1. The van der Waals surface area contributed by atoms with Gasteiger partial charge in [0.25, 0.3) is 0 Å². The van der Waals surface area contributed by atoms with Crippen LogP contribution < -0.4 is 0 Å². The van der Waals surface area contributed by atoms with E-state index in [1.807, 2.05) is 12.1 Å². The minimum atomic E-state index is 0.901. The summed E-state index contributed by atoms with van der Waals surface area (Å²) in [6, 6.07) is 92.6. The fourth-order valence-electron chi connectivity index (χ4n) is 10.9. The first-order valence-electron chi connectivity index (χ1n) is 23.7. The summed E-state index contributed by atoms with van der Waals surface area (Å²) in [5, 5.41) is 7.17. The largest absolute Gasteiger partial charge is 0.456 e. The number of para-hydroxylation sites is 2. The standard InChI is InChI=1S/C66H42N2O/c1-4-16-43(17-5-1)46-22-14-23-51(38-46)67-62-36-32-49(42-58(62)66-52(26-15-28-63(66)67)44-18-6-2-7-19-44)48-31-35-61-56(40-48)53-24-10-12-27-59(53)68(61)60-34-30-47(39-55(60)45-20-8-3-9-21-45)50-33-37-65-57(41-50)54-25-11-13-29-64(54)69-65/h1-42H. The third-order valence-corrected chi connectivity index (χ3v) is 14.1. The molecule has 69 heavy (non-hydrogen) atoms. The van der Waals surface area contributed by atoms with Gasteiger partial charge in [-0.25, -0.2) is 0 Å². The lowest BCUT2D eigenvalue weighted by atomic mass is 9.96. The highest BCUT2D eigenvalue weighted by atomic mass is 16.3. The Morgan fingerprint density at radius 2 is 0.754 bits per heavy atom. The maximum absolute atomic E-state index is 6.21. The number of furan rings is 1. The van der Waals surface area contributed by atoms with Crippen LogP contribution in [0, 0.1) is 0 Å². The molecule has 0 saturated carbocycles. The van der Waals surface area contributed by atoms with Gasteiger partial charge >= 0.3 is 0 Å². The molecule has 0 fully saturated rings. The molecule has 14 rings (SSSR count). The molecule has 0 atom stereocenters. The molecule has 0 N–H and O–H groups in total. The molecule has 3 heteroatoms. The third kappa shape index (κ3) is 6.36. The van der Waals surface area contributed by atoms with E-state index in [4.69, 9.17) is 4.42 Å². The number of aromatic nitrogens is 2. The summed E-state index contributed by atoms with van der Waals surface area (Å²) in [5.74, 6) is 0. The normalized spacial score (nSPS) is 11.8. The van der Waals surface area contributed by atoms with Crippen LogP contribution in [0.2, 0.25) is 0 Å². The van der Waals surface area contributed by atoms with Crippen LogP contribution in [0.1, 0.15) is 0 Å². The minimum Gasteiger partial charge on any atom is -0.456 e. The Morgan fingerprint density at radius 1 is 0.246 bits per heavy atom. The van der Waals surface area contributed by atoms with E-state index in [0.29, 0.717) is 0 Å². The summed E-state index contributed by atoms with van der Waals surface area (Å²) in [6.45, 7) is 0. The summed E-state index contributed by atoms with van der Waals surface area (Å²) >= 11 is 0. The zero-order valence-electron chi connectivity index (χ0n) is 37.6. The van der Waals surface area contributed by atoms with E-state index in [1.54, 1.807) is 0 Å². The van der Waals surface area contributed by atoms with Crippen molar-refractivity contribution in [1.82, 2.24) is 9.13 Å². The highest BCUT2D eigenvalue weighted by Crippen LogP contribution is 2.44. The van der Waals surface area contributed by atoms with Gasteiger partial charge < -0.3 is 13.6 Å².